The molecule has 0 atom stereocenters. The van der Waals surface area contributed by atoms with Crippen molar-refractivity contribution in [3.63, 3.8) is 0 Å². The lowest BCUT2D eigenvalue weighted by atomic mass is 10.2. The number of benzene rings is 2. The van der Waals surface area contributed by atoms with Crippen LogP contribution in [-0.2, 0) is 4.79 Å². The van der Waals surface area contributed by atoms with Crippen LogP contribution < -0.4 is 24.4 Å². The highest BCUT2D eigenvalue weighted by atomic mass is 19.1. The van der Waals surface area contributed by atoms with E-state index in [0.717, 1.165) is 0 Å². The van der Waals surface area contributed by atoms with Crippen LogP contribution in [0.2, 0.25) is 0 Å². The quantitative estimate of drug-likeness (QED) is 0.634. The monoisotopic (exact) mass is 417 g/mol. The van der Waals surface area contributed by atoms with Crippen LogP contribution in [-0.4, -0.2) is 63.8 Å². The number of ether oxygens (including phenoxy) is 3. The topological polar surface area (TPSA) is 80.3 Å². The molecule has 0 aromatic heterocycles. The van der Waals surface area contributed by atoms with Gasteiger partial charge in [-0.3, -0.25) is 9.69 Å². The molecular weight excluding hydrogens is 393 g/mol. The first-order chi connectivity index (χ1) is 14.5. The highest BCUT2D eigenvalue weighted by Gasteiger charge is 2.32. The second-order valence-corrected chi connectivity index (χ2v) is 6.55. The van der Waals surface area contributed by atoms with Gasteiger partial charge in [0.1, 0.15) is 36.2 Å². The van der Waals surface area contributed by atoms with Gasteiger partial charge in [0.15, 0.2) is 0 Å². The number of amides is 3. The van der Waals surface area contributed by atoms with Gasteiger partial charge >= 0.3 is 6.03 Å². The lowest BCUT2D eigenvalue weighted by Crippen LogP contribution is -2.41. The maximum atomic E-state index is 12.9. The molecule has 30 heavy (non-hydrogen) atoms. The largest absolute Gasteiger partial charge is 0.497 e. The van der Waals surface area contributed by atoms with Crippen molar-refractivity contribution in [2.75, 3.05) is 51.9 Å². The number of nitrogens with zero attached hydrogens (tertiary/aromatic N) is 2. The SMILES string of the molecule is COc1ccc(OC)c(N2CCN(CC(=O)NCCOc3ccc(F)cc3)C2=O)c1. The van der Waals surface area contributed by atoms with Crippen LogP contribution in [0.1, 0.15) is 0 Å². The molecule has 0 saturated carbocycles. The molecule has 2 aromatic rings. The van der Waals surface area contributed by atoms with E-state index in [4.69, 9.17) is 14.2 Å². The summed E-state index contributed by atoms with van der Waals surface area (Å²) in [5.41, 5.74) is 0.595. The van der Waals surface area contributed by atoms with Crippen LogP contribution in [0.15, 0.2) is 42.5 Å². The summed E-state index contributed by atoms with van der Waals surface area (Å²) in [5, 5.41) is 2.71. The molecule has 2 aromatic carbocycles. The first-order valence-corrected chi connectivity index (χ1v) is 9.45. The van der Waals surface area contributed by atoms with Gasteiger partial charge in [-0.25, -0.2) is 9.18 Å². The normalized spacial score (nSPS) is 13.4. The molecule has 1 aliphatic rings. The third kappa shape index (κ3) is 5.11. The Morgan fingerprint density at radius 1 is 1.07 bits per heavy atom. The van der Waals surface area contributed by atoms with Crippen LogP contribution in [0.5, 0.6) is 17.2 Å². The smallest absolute Gasteiger partial charge is 0.325 e. The van der Waals surface area contributed by atoms with Crippen molar-refractivity contribution in [3.05, 3.63) is 48.3 Å². The van der Waals surface area contributed by atoms with Crippen molar-refractivity contribution in [1.29, 1.82) is 0 Å². The molecule has 1 aliphatic heterocycles. The molecule has 0 spiro atoms. The molecule has 3 amide bonds. The summed E-state index contributed by atoms with van der Waals surface area (Å²) in [6.45, 7) is 1.30. The molecule has 0 unspecified atom stereocenters. The molecule has 1 N–H and O–H groups in total. The number of urea groups is 1. The fourth-order valence-electron chi connectivity index (χ4n) is 3.08. The maximum Gasteiger partial charge on any atom is 0.325 e. The molecule has 160 valence electrons. The predicted octanol–water partition coefficient (Wildman–Crippen LogP) is 2.28. The minimum absolute atomic E-state index is 0.0574. The van der Waals surface area contributed by atoms with Crippen LogP contribution in [0.25, 0.3) is 0 Å². The average molecular weight is 417 g/mol. The van der Waals surface area contributed by atoms with Gasteiger partial charge in [-0.05, 0) is 36.4 Å². The summed E-state index contributed by atoms with van der Waals surface area (Å²) >= 11 is 0. The van der Waals surface area contributed by atoms with Crippen molar-refractivity contribution in [3.8, 4) is 17.2 Å². The first kappa shape index (κ1) is 21.2. The molecule has 0 aliphatic carbocycles. The fraction of sp³-hybridized carbons (Fsp3) is 0.333. The Kier molecular flexibility index (Phi) is 6.95. The lowest BCUT2D eigenvalue weighted by Gasteiger charge is -2.21. The second-order valence-electron chi connectivity index (χ2n) is 6.55. The van der Waals surface area contributed by atoms with Gasteiger partial charge in [-0.15, -0.1) is 0 Å². The summed E-state index contributed by atoms with van der Waals surface area (Å²) in [6.07, 6.45) is 0. The van der Waals surface area contributed by atoms with Crippen molar-refractivity contribution in [1.82, 2.24) is 10.2 Å². The van der Waals surface area contributed by atoms with E-state index in [2.05, 4.69) is 5.32 Å². The number of hydrogen-bond acceptors (Lipinski definition) is 5. The van der Waals surface area contributed by atoms with E-state index in [1.807, 2.05) is 0 Å². The summed E-state index contributed by atoms with van der Waals surface area (Å²) in [4.78, 5) is 28.0. The van der Waals surface area contributed by atoms with Gasteiger partial charge < -0.3 is 24.4 Å². The lowest BCUT2D eigenvalue weighted by molar-refractivity contribution is -0.121. The molecule has 9 heteroatoms. The fourth-order valence-corrected chi connectivity index (χ4v) is 3.08. The standard InChI is InChI=1S/C21H24FN3O5/c1-28-17-7-8-19(29-2)18(13-17)25-11-10-24(21(25)27)14-20(26)23-9-12-30-16-5-3-15(22)4-6-16/h3-8,13H,9-12,14H2,1-2H3,(H,23,26). The zero-order chi connectivity index (χ0) is 21.5. The molecule has 1 fully saturated rings. The zero-order valence-electron chi connectivity index (χ0n) is 16.9. The van der Waals surface area contributed by atoms with Gasteiger partial charge in [0, 0.05) is 19.2 Å². The number of methoxy groups -OCH3 is 2. The number of hydrogen-bond donors (Lipinski definition) is 1. The first-order valence-electron chi connectivity index (χ1n) is 9.45. The van der Waals surface area contributed by atoms with E-state index >= 15 is 0 Å². The third-order valence-corrected chi connectivity index (χ3v) is 4.61. The van der Waals surface area contributed by atoms with Gasteiger partial charge in [0.05, 0.1) is 26.5 Å². The summed E-state index contributed by atoms with van der Waals surface area (Å²) < 4.78 is 28.9. The van der Waals surface area contributed by atoms with E-state index in [1.165, 1.54) is 36.3 Å². The number of nitrogens with one attached hydrogen (secondary N) is 1. The number of carbonyl (C=O) groups excluding carboxylic acids is 2. The van der Waals surface area contributed by atoms with Crippen molar-refractivity contribution in [2.45, 2.75) is 0 Å². The van der Waals surface area contributed by atoms with E-state index in [1.54, 1.807) is 30.2 Å². The number of anilines is 1. The maximum absolute atomic E-state index is 12.9. The molecule has 0 radical (unpaired) electrons. The summed E-state index contributed by atoms with van der Waals surface area (Å²) in [5.74, 6) is 1.05. The van der Waals surface area contributed by atoms with Gasteiger partial charge in [0.2, 0.25) is 5.91 Å². The minimum Gasteiger partial charge on any atom is -0.497 e. The Bertz CT molecular complexity index is 891. The average Bonchev–Trinajstić information content (AvgIpc) is 3.11. The molecular formula is C21H24FN3O5. The Balaban J connectivity index is 1.49. The highest BCUT2D eigenvalue weighted by molar-refractivity contribution is 5.97. The van der Waals surface area contributed by atoms with Crippen LogP contribution >= 0.6 is 0 Å². The van der Waals surface area contributed by atoms with Gasteiger partial charge in [-0.1, -0.05) is 0 Å². The molecule has 1 heterocycles. The van der Waals surface area contributed by atoms with Crippen LogP contribution in [0.3, 0.4) is 0 Å². The number of halogens is 1. The minimum atomic E-state index is -0.341. The summed E-state index contributed by atoms with van der Waals surface area (Å²) in [7, 11) is 3.08. The molecule has 8 nitrogen and oxygen atoms in total. The van der Waals surface area contributed by atoms with E-state index < -0.39 is 0 Å². The predicted molar refractivity (Wildman–Crippen MR) is 109 cm³/mol. The van der Waals surface area contributed by atoms with E-state index in [-0.39, 0.29) is 37.5 Å². The highest BCUT2D eigenvalue weighted by Crippen LogP contribution is 2.34. The van der Waals surface area contributed by atoms with Crippen LogP contribution in [0.4, 0.5) is 14.9 Å². The zero-order valence-corrected chi connectivity index (χ0v) is 16.9. The third-order valence-electron chi connectivity index (χ3n) is 4.61. The van der Waals surface area contributed by atoms with Crippen LogP contribution in [0, 0.1) is 5.82 Å². The molecule has 3 rings (SSSR count). The van der Waals surface area contributed by atoms with Gasteiger partial charge in [-0.2, -0.15) is 0 Å². The molecule has 0 bridgehead atoms. The Labute approximate surface area is 174 Å². The number of carbonyl (C=O) groups is 2. The van der Waals surface area contributed by atoms with Crippen molar-refractivity contribution in [2.24, 2.45) is 0 Å². The van der Waals surface area contributed by atoms with E-state index in [9.17, 15) is 14.0 Å². The summed E-state index contributed by atoms with van der Waals surface area (Å²) in [6, 6.07) is 10.6. The number of rotatable bonds is 9. The van der Waals surface area contributed by atoms with E-state index in [0.29, 0.717) is 36.0 Å². The molecule has 1 saturated heterocycles. The Hall–Kier alpha value is -3.49. The Morgan fingerprint density at radius 3 is 2.50 bits per heavy atom. The second kappa shape index (κ2) is 9.82. The van der Waals surface area contributed by atoms with Gasteiger partial charge in [0.25, 0.3) is 0 Å². The van der Waals surface area contributed by atoms with Crippen molar-refractivity contribution < 1.29 is 28.2 Å². The Morgan fingerprint density at radius 2 is 1.80 bits per heavy atom. The van der Waals surface area contributed by atoms with Crippen molar-refractivity contribution >= 4 is 17.6 Å².